The molecule has 0 amide bonds. The van der Waals surface area contributed by atoms with Gasteiger partial charge in [0.25, 0.3) is 0 Å². The van der Waals surface area contributed by atoms with Gasteiger partial charge in [0.1, 0.15) is 0 Å². The van der Waals surface area contributed by atoms with E-state index in [0.717, 1.165) is 63.7 Å². The van der Waals surface area contributed by atoms with Crippen molar-refractivity contribution in [3.63, 3.8) is 0 Å². The van der Waals surface area contributed by atoms with Crippen molar-refractivity contribution in [3.8, 4) is 22.3 Å². The van der Waals surface area contributed by atoms with Crippen LogP contribution >= 0.6 is 11.8 Å². The molecule has 3 nitrogen and oxygen atoms in total. The molecule has 2 unspecified atom stereocenters. The third-order valence-corrected chi connectivity index (χ3v) is 11.3. The molecule has 7 aromatic rings. The summed E-state index contributed by atoms with van der Waals surface area (Å²) in [4.78, 5) is 15.7. The van der Waals surface area contributed by atoms with Crippen molar-refractivity contribution < 1.29 is 0 Å². The summed E-state index contributed by atoms with van der Waals surface area (Å²) in [5.74, 6) is 1.09. The van der Waals surface area contributed by atoms with E-state index in [9.17, 15) is 0 Å². The van der Waals surface area contributed by atoms with E-state index < -0.39 is 0 Å². The molecule has 2 aliphatic heterocycles. The molecule has 0 radical (unpaired) electrons. The average Bonchev–Trinajstić information content (AvgIpc) is 3.43. The summed E-state index contributed by atoms with van der Waals surface area (Å²) in [6.45, 7) is 2.29. The molecule has 0 saturated carbocycles. The maximum atomic E-state index is 5.55. The predicted molar refractivity (Wildman–Crippen MR) is 223 cm³/mol. The van der Waals surface area contributed by atoms with Crippen LogP contribution < -0.4 is 4.90 Å². The number of hydrogen-bond donors (Lipinski definition) is 0. The SMILES string of the molecule is CCC1CC(c2ccccc2)=NC2=NC1c1cccc(c1)-c1cccc(c1)N(c1ccc(Sc3ccccc3)cc1)c1cccc(c1)-c1cccc2c1. The van der Waals surface area contributed by atoms with E-state index in [1.54, 1.807) is 11.8 Å². The van der Waals surface area contributed by atoms with Gasteiger partial charge in [-0.05, 0) is 119 Å². The normalized spacial score (nSPS) is 16.3. The Hall–Kier alpha value is -5.97. The van der Waals surface area contributed by atoms with Crippen molar-refractivity contribution in [3.05, 3.63) is 199 Å². The first-order valence-corrected chi connectivity index (χ1v) is 19.3. The lowest BCUT2D eigenvalue weighted by Crippen LogP contribution is -2.14. The van der Waals surface area contributed by atoms with Crippen LogP contribution in [-0.4, -0.2) is 11.5 Å². The number of nitrogens with zero attached hydrogens (tertiary/aromatic N) is 3. The lowest BCUT2D eigenvalue weighted by molar-refractivity contribution is 0.437. The quantitative estimate of drug-likeness (QED) is 0.179. The maximum Gasteiger partial charge on any atom is 0.155 e. The van der Waals surface area contributed by atoms with Crippen molar-refractivity contribution in [2.24, 2.45) is 15.9 Å². The molecule has 0 saturated heterocycles. The average molecular weight is 702 g/mol. The molecule has 53 heavy (non-hydrogen) atoms. The first kappa shape index (κ1) is 32.9. The van der Waals surface area contributed by atoms with Crippen molar-refractivity contribution in [2.75, 3.05) is 4.90 Å². The van der Waals surface area contributed by atoms with Gasteiger partial charge in [0.05, 0.1) is 11.8 Å². The molecule has 7 aromatic carbocycles. The highest BCUT2D eigenvalue weighted by molar-refractivity contribution is 7.99. The lowest BCUT2D eigenvalue weighted by Gasteiger charge is -2.27. The molecule has 10 bridgehead atoms. The summed E-state index contributed by atoms with van der Waals surface area (Å²) < 4.78 is 0. The van der Waals surface area contributed by atoms with Gasteiger partial charge in [-0.1, -0.05) is 134 Å². The van der Waals surface area contributed by atoms with Gasteiger partial charge in [0.15, 0.2) is 5.84 Å². The zero-order valence-electron chi connectivity index (χ0n) is 29.6. The van der Waals surface area contributed by atoms with Crippen LogP contribution in [-0.2, 0) is 0 Å². The van der Waals surface area contributed by atoms with E-state index >= 15 is 0 Å². The van der Waals surface area contributed by atoms with Gasteiger partial charge in [0, 0.05) is 32.4 Å². The van der Waals surface area contributed by atoms with E-state index in [2.05, 4.69) is 194 Å². The number of aliphatic imine (C=N–C) groups is 2. The number of fused-ring (bicyclic) bond motifs is 13. The van der Waals surface area contributed by atoms with Gasteiger partial charge in [-0.2, -0.15) is 0 Å². The Bertz CT molecular complexity index is 2450. The molecule has 9 rings (SSSR count). The van der Waals surface area contributed by atoms with Crippen LogP contribution in [0.3, 0.4) is 0 Å². The summed E-state index contributed by atoms with van der Waals surface area (Å²) >= 11 is 1.78. The Morgan fingerprint density at radius 3 is 1.74 bits per heavy atom. The molecule has 0 aromatic heterocycles. The highest BCUT2D eigenvalue weighted by Crippen LogP contribution is 2.41. The zero-order chi connectivity index (χ0) is 35.6. The number of amidine groups is 1. The van der Waals surface area contributed by atoms with Crippen LogP contribution in [0.25, 0.3) is 22.3 Å². The first-order chi connectivity index (χ1) is 26.2. The number of benzene rings is 7. The second-order valence-corrected chi connectivity index (χ2v) is 14.9. The van der Waals surface area contributed by atoms with Crippen LogP contribution in [0.15, 0.2) is 202 Å². The van der Waals surface area contributed by atoms with Gasteiger partial charge < -0.3 is 4.90 Å². The highest BCUT2D eigenvalue weighted by atomic mass is 32.2. The fraction of sp³-hybridized carbons (Fsp3) is 0.102. The van der Waals surface area contributed by atoms with Gasteiger partial charge in [-0.3, -0.25) is 4.99 Å². The molecule has 0 aliphatic carbocycles. The van der Waals surface area contributed by atoms with Crippen LogP contribution in [0.1, 0.15) is 42.5 Å². The molecular formula is C49H39N3S. The van der Waals surface area contributed by atoms with Gasteiger partial charge >= 0.3 is 0 Å². The topological polar surface area (TPSA) is 28.0 Å². The van der Waals surface area contributed by atoms with E-state index in [1.807, 2.05) is 0 Å². The van der Waals surface area contributed by atoms with E-state index in [-0.39, 0.29) is 6.04 Å². The second kappa shape index (κ2) is 14.6. The van der Waals surface area contributed by atoms with Crippen molar-refractivity contribution in [1.29, 1.82) is 0 Å². The molecule has 4 heteroatoms. The number of anilines is 3. The number of rotatable bonds is 5. The second-order valence-electron chi connectivity index (χ2n) is 13.7. The Kier molecular flexibility index (Phi) is 9.05. The first-order valence-electron chi connectivity index (χ1n) is 18.4. The van der Waals surface area contributed by atoms with Crippen LogP contribution in [0.2, 0.25) is 0 Å². The molecule has 2 aliphatic rings. The van der Waals surface area contributed by atoms with Gasteiger partial charge in [-0.15, -0.1) is 0 Å². The largest absolute Gasteiger partial charge is 0.310 e. The summed E-state index contributed by atoms with van der Waals surface area (Å²) in [6.07, 6.45) is 1.86. The highest BCUT2D eigenvalue weighted by Gasteiger charge is 2.28. The Balaban J connectivity index is 1.22. The number of hydrogen-bond acceptors (Lipinski definition) is 4. The van der Waals surface area contributed by atoms with Crippen molar-refractivity contribution in [1.82, 2.24) is 0 Å². The monoisotopic (exact) mass is 701 g/mol. The smallest absolute Gasteiger partial charge is 0.155 e. The third-order valence-electron chi connectivity index (χ3n) is 10.3. The molecule has 0 fully saturated rings. The van der Waals surface area contributed by atoms with Gasteiger partial charge in [0.2, 0.25) is 0 Å². The third kappa shape index (κ3) is 6.86. The molecule has 0 spiro atoms. The molecule has 2 atom stereocenters. The predicted octanol–water partition coefficient (Wildman–Crippen LogP) is 13.4. The van der Waals surface area contributed by atoms with Gasteiger partial charge in [-0.25, -0.2) is 4.99 Å². The standard InChI is InChI=1S/C49H39N3S/c1-2-34-33-47(35-13-5-3-6-14-35)50-49-41-20-10-16-37(30-41)39-18-12-22-44(32-39)52(42-25-27-46(28-26-42)53-45-23-7-4-8-24-45)43-21-11-17-38(31-43)36-15-9-19-40(29-36)48(34)51-49/h3-32,34,48H,2,33H2,1H3. The minimum absolute atomic E-state index is 0.0354. The Morgan fingerprint density at radius 1 is 0.509 bits per heavy atom. The van der Waals surface area contributed by atoms with Crippen molar-refractivity contribution >= 4 is 40.4 Å². The van der Waals surface area contributed by atoms with Crippen LogP contribution in [0, 0.1) is 5.92 Å². The molecule has 256 valence electrons. The van der Waals surface area contributed by atoms with E-state index in [1.165, 1.54) is 26.5 Å². The maximum absolute atomic E-state index is 5.55. The Morgan fingerprint density at radius 2 is 1.06 bits per heavy atom. The lowest BCUT2D eigenvalue weighted by atomic mass is 9.85. The molecular weight excluding hydrogens is 663 g/mol. The van der Waals surface area contributed by atoms with Crippen LogP contribution in [0.5, 0.6) is 0 Å². The fourth-order valence-corrected chi connectivity index (χ4v) is 8.43. The fourth-order valence-electron chi connectivity index (χ4n) is 7.59. The van der Waals surface area contributed by atoms with E-state index in [0.29, 0.717) is 5.92 Å². The molecule has 2 heterocycles. The summed E-state index contributed by atoms with van der Waals surface area (Å²) in [6, 6.07) is 65.7. The van der Waals surface area contributed by atoms with Crippen LogP contribution in [0.4, 0.5) is 17.1 Å². The zero-order valence-corrected chi connectivity index (χ0v) is 30.5. The summed E-state index contributed by atoms with van der Waals surface area (Å²) in [5.41, 5.74) is 12.4. The van der Waals surface area contributed by atoms with Crippen molar-refractivity contribution in [2.45, 2.75) is 35.6 Å². The minimum Gasteiger partial charge on any atom is -0.310 e. The summed E-state index contributed by atoms with van der Waals surface area (Å²) in [7, 11) is 0. The van der Waals surface area contributed by atoms with E-state index in [4.69, 9.17) is 9.98 Å². The summed E-state index contributed by atoms with van der Waals surface area (Å²) in [5, 5.41) is 0. The Labute approximate surface area is 316 Å². The minimum atomic E-state index is -0.0354. The molecule has 0 N–H and O–H groups in total.